The zero-order valence-electron chi connectivity index (χ0n) is 10.1. The zero-order valence-corrected chi connectivity index (χ0v) is 10.9. The third-order valence-electron chi connectivity index (χ3n) is 3.08. The quantitative estimate of drug-likeness (QED) is 0.922. The van der Waals surface area contributed by atoms with Crippen molar-refractivity contribution in [1.29, 1.82) is 0 Å². The van der Waals surface area contributed by atoms with Gasteiger partial charge in [0.05, 0.1) is 18.6 Å². The second-order valence-corrected chi connectivity index (χ2v) is 5.22. The number of amides is 2. The Balaban J connectivity index is 1.75. The summed E-state index contributed by atoms with van der Waals surface area (Å²) in [7, 11) is 0. The molecular weight excluding hydrogens is 248 g/mol. The van der Waals surface area contributed by atoms with Gasteiger partial charge < -0.3 is 9.88 Å². The first-order chi connectivity index (χ1) is 8.75. The second kappa shape index (κ2) is 4.45. The van der Waals surface area contributed by atoms with E-state index >= 15 is 0 Å². The molecule has 1 N–H and O–H groups in total. The molecule has 1 aliphatic heterocycles. The Labute approximate surface area is 109 Å². The van der Waals surface area contributed by atoms with Gasteiger partial charge in [-0.1, -0.05) is 0 Å². The van der Waals surface area contributed by atoms with Crippen LogP contribution >= 0.6 is 11.3 Å². The van der Waals surface area contributed by atoms with Crippen molar-refractivity contribution in [3.63, 3.8) is 0 Å². The molecule has 1 saturated heterocycles. The van der Waals surface area contributed by atoms with Crippen LogP contribution in [0, 0.1) is 6.92 Å². The number of nitrogens with one attached hydrogen (secondary N) is 1. The molecule has 0 radical (unpaired) electrons. The molecule has 1 aliphatic rings. The number of H-pyrrole nitrogens is 1. The summed E-state index contributed by atoms with van der Waals surface area (Å²) in [5.74, 6) is 0. The summed E-state index contributed by atoms with van der Waals surface area (Å²) in [4.78, 5) is 23.0. The topological polar surface area (TPSA) is 52.2 Å². The number of aromatic nitrogens is 2. The maximum absolute atomic E-state index is 12.3. The van der Waals surface area contributed by atoms with Gasteiger partial charge in [-0.15, -0.1) is 11.3 Å². The smallest absolute Gasteiger partial charge is 0.325 e. The lowest BCUT2D eigenvalue weighted by molar-refractivity contribution is 0.218. The standard InChI is InChI=1S/C12H14N4OS/c1-9-2-5-18-11(9)16-4-3-15(12(16)17)7-10-6-13-8-14-10/h2,5-6,8H,3-4,7H2,1H3,(H,13,14). The molecular formula is C12H14N4OS. The van der Waals surface area contributed by atoms with Crippen LogP contribution in [0.1, 0.15) is 11.3 Å². The Morgan fingerprint density at radius 1 is 1.50 bits per heavy atom. The van der Waals surface area contributed by atoms with E-state index in [4.69, 9.17) is 0 Å². The normalized spacial score (nSPS) is 15.7. The van der Waals surface area contributed by atoms with E-state index in [1.54, 1.807) is 17.7 Å². The molecule has 2 aromatic rings. The molecule has 1 fully saturated rings. The largest absolute Gasteiger partial charge is 0.351 e. The van der Waals surface area contributed by atoms with Gasteiger partial charge in [0.1, 0.15) is 5.00 Å². The van der Waals surface area contributed by atoms with Gasteiger partial charge in [-0.2, -0.15) is 0 Å². The average molecular weight is 262 g/mol. The van der Waals surface area contributed by atoms with Crippen LogP contribution in [0.3, 0.4) is 0 Å². The molecule has 5 nitrogen and oxygen atoms in total. The predicted octanol–water partition coefficient (Wildman–Crippen LogP) is 2.22. The number of rotatable bonds is 3. The molecule has 0 saturated carbocycles. The fourth-order valence-corrected chi connectivity index (χ4v) is 3.08. The number of carbonyl (C=O) groups is 1. The van der Waals surface area contributed by atoms with Crippen LogP contribution in [0.2, 0.25) is 0 Å². The number of carbonyl (C=O) groups excluding carboxylic acids is 1. The minimum Gasteiger partial charge on any atom is -0.351 e. The van der Waals surface area contributed by atoms with Crippen molar-refractivity contribution < 1.29 is 4.79 Å². The molecule has 3 heterocycles. The molecule has 0 aromatic carbocycles. The van der Waals surface area contributed by atoms with Gasteiger partial charge in [0.15, 0.2) is 0 Å². The van der Waals surface area contributed by atoms with E-state index in [0.717, 1.165) is 29.3 Å². The van der Waals surface area contributed by atoms with Crippen LogP contribution < -0.4 is 4.90 Å². The monoisotopic (exact) mass is 262 g/mol. The van der Waals surface area contributed by atoms with Crippen molar-refractivity contribution in [1.82, 2.24) is 14.9 Å². The van der Waals surface area contributed by atoms with Crippen molar-refractivity contribution in [2.75, 3.05) is 18.0 Å². The van der Waals surface area contributed by atoms with E-state index in [1.165, 1.54) is 0 Å². The summed E-state index contributed by atoms with van der Waals surface area (Å²) in [6, 6.07) is 2.12. The maximum Gasteiger partial charge on any atom is 0.325 e. The predicted molar refractivity (Wildman–Crippen MR) is 70.8 cm³/mol. The number of aryl methyl sites for hydroxylation is 1. The lowest BCUT2D eigenvalue weighted by atomic mass is 10.3. The van der Waals surface area contributed by atoms with Crippen LogP contribution in [-0.4, -0.2) is 34.0 Å². The molecule has 0 atom stereocenters. The van der Waals surface area contributed by atoms with Gasteiger partial charge in [0.25, 0.3) is 0 Å². The fraction of sp³-hybridized carbons (Fsp3) is 0.333. The summed E-state index contributed by atoms with van der Waals surface area (Å²) in [6.45, 7) is 4.12. The molecule has 0 bridgehead atoms. The Morgan fingerprint density at radius 3 is 3.06 bits per heavy atom. The summed E-state index contributed by atoms with van der Waals surface area (Å²) in [5, 5.41) is 3.08. The Kier molecular flexibility index (Phi) is 2.79. The van der Waals surface area contributed by atoms with Crippen molar-refractivity contribution in [2.24, 2.45) is 0 Å². The highest BCUT2D eigenvalue weighted by Crippen LogP contribution is 2.30. The maximum atomic E-state index is 12.3. The average Bonchev–Trinajstić information content (AvgIpc) is 3.05. The third-order valence-corrected chi connectivity index (χ3v) is 4.12. The lowest BCUT2D eigenvalue weighted by Crippen LogP contribution is -2.31. The zero-order chi connectivity index (χ0) is 12.5. The molecule has 0 spiro atoms. The van der Waals surface area contributed by atoms with Gasteiger partial charge in [-0.05, 0) is 23.9 Å². The van der Waals surface area contributed by atoms with Crippen LogP contribution in [0.4, 0.5) is 9.80 Å². The van der Waals surface area contributed by atoms with E-state index < -0.39 is 0 Å². The number of urea groups is 1. The number of hydrogen-bond donors (Lipinski definition) is 1. The van der Waals surface area contributed by atoms with E-state index in [1.807, 2.05) is 34.4 Å². The van der Waals surface area contributed by atoms with E-state index in [9.17, 15) is 4.79 Å². The molecule has 94 valence electrons. The van der Waals surface area contributed by atoms with Gasteiger partial charge in [0, 0.05) is 19.3 Å². The summed E-state index contributed by atoms with van der Waals surface area (Å²) in [5.41, 5.74) is 2.06. The first kappa shape index (κ1) is 11.3. The van der Waals surface area contributed by atoms with Crippen LogP contribution in [-0.2, 0) is 6.54 Å². The highest BCUT2D eigenvalue weighted by molar-refractivity contribution is 7.14. The Morgan fingerprint density at radius 2 is 2.39 bits per heavy atom. The Bertz CT molecular complexity index is 548. The number of nitrogens with zero attached hydrogens (tertiary/aromatic N) is 3. The minimum atomic E-state index is 0.0727. The number of aromatic amines is 1. The van der Waals surface area contributed by atoms with Crippen LogP contribution in [0.25, 0.3) is 0 Å². The minimum absolute atomic E-state index is 0.0727. The number of imidazole rings is 1. The third kappa shape index (κ3) is 1.88. The van der Waals surface area contributed by atoms with Gasteiger partial charge in [0.2, 0.25) is 0 Å². The highest BCUT2D eigenvalue weighted by Gasteiger charge is 2.31. The molecule has 18 heavy (non-hydrogen) atoms. The summed E-state index contributed by atoms with van der Waals surface area (Å²) >= 11 is 1.62. The molecule has 2 aromatic heterocycles. The van der Waals surface area contributed by atoms with Crippen molar-refractivity contribution >= 4 is 22.4 Å². The van der Waals surface area contributed by atoms with Crippen molar-refractivity contribution in [3.8, 4) is 0 Å². The SMILES string of the molecule is Cc1ccsc1N1CCN(Cc2c[nH]cn2)C1=O. The lowest BCUT2D eigenvalue weighted by Gasteiger charge is -2.17. The number of hydrogen-bond acceptors (Lipinski definition) is 3. The van der Waals surface area contributed by atoms with Crippen molar-refractivity contribution in [3.05, 3.63) is 35.2 Å². The van der Waals surface area contributed by atoms with Gasteiger partial charge in [-0.25, -0.2) is 9.78 Å². The molecule has 6 heteroatoms. The summed E-state index contributed by atoms with van der Waals surface area (Å²) in [6.07, 6.45) is 3.46. The molecule has 2 amide bonds. The van der Waals surface area contributed by atoms with E-state index in [-0.39, 0.29) is 6.03 Å². The number of anilines is 1. The van der Waals surface area contributed by atoms with Crippen molar-refractivity contribution in [2.45, 2.75) is 13.5 Å². The van der Waals surface area contributed by atoms with Crippen LogP contribution in [0.5, 0.6) is 0 Å². The number of thiophene rings is 1. The molecule has 0 unspecified atom stereocenters. The Hall–Kier alpha value is -1.82. The van der Waals surface area contributed by atoms with E-state index in [0.29, 0.717) is 6.54 Å². The van der Waals surface area contributed by atoms with Gasteiger partial charge in [-0.3, -0.25) is 4.90 Å². The highest BCUT2D eigenvalue weighted by atomic mass is 32.1. The summed E-state index contributed by atoms with van der Waals surface area (Å²) < 4.78 is 0. The van der Waals surface area contributed by atoms with Crippen LogP contribution in [0.15, 0.2) is 24.0 Å². The van der Waals surface area contributed by atoms with E-state index in [2.05, 4.69) is 9.97 Å². The van der Waals surface area contributed by atoms with Gasteiger partial charge >= 0.3 is 6.03 Å². The first-order valence-electron chi connectivity index (χ1n) is 5.84. The first-order valence-corrected chi connectivity index (χ1v) is 6.72. The second-order valence-electron chi connectivity index (χ2n) is 4.33. The molecule has 0 aliphatic carbocycles. The molecule has 3 rings (SSSR count). The fourth-order valence-electron chi connectivity index (χ4n) is 2.13.